The Bertz CT molecular complexity index is 138. The topological polar surface area (TPSA) is 52.0 Å². The number of hydrogen-bond donors (Lipinski definition) is 2. The highest BCUT2D eigenvalue weighted by atomic mass is 35.5. The van der Waals surface area contributed by atoms with Gasteiger partial charge in [0, 0.05) is 0 Å². The van der Waals surface area contributed by atoms with Crippen molar-refractivity contribution in [1.29, 1.82) is 0 Å². The van der Waals surface area contributed by atoms with E-state index in [-0.39, 0.29) is 0 Å². The SMILES string of the molecule is CC1=C(N)C(N)=C1Cl. The minimum atomic E-state index is 0.532. The van der Waals surface area contributed by atoms with Gasteiger partial charge in [0.1, 0.15) is 0 Å². The third kappa shape index (κ3) is 0.434. The lowest BCUT2D eigenvalue weighted by Gasteiger charge is -2.17. The fourth-order valence-electron chi connectivity index (χ4n) is 0.578. The van der Waals surface area contributed by atoms with Gasteiger partial charge in [-0.3, -0.25) is 0 Å². The molecule has 4 N–H and O–H groups in total. The van der Waals surface area contributed by atoms with Crippen LogP contribution in [0.1, 0.15) is 6.92 Å². The van der Waals surface area contributed by atoms with Gasteiger partial charge in [-0.25, -0.2) is 0 Å². The van der Waals surface area contributed by atoms with Crippen LogP contribution in [0.15, 0.2) is 22.0 Å². The summed E-state index contributed by atoms with van der Waals surface area (Å²) in [4.78, 5) is 0. The second-order valence-electron chi connectivity index (χ2n) is 1.77. The first-order chi connectivity index (χ1) is 3.64. The lowest BCUT2D eigenvalue weighted by atomic mass is 10.0. The second-order valence-corrected chi connectivity index (χ2v) is 2.14. The van der Waals surface area contributed by atoms with Crippen molar-refractivity contribution in [3.05, 3.63) is 22.0 Å². The van der Waals surface area contributed by atoms with Gasteiger partial charge < -0.3 is 11.5 Å². The maximum atomic E-state index is 5.56. The van der Waals surface area contributed by atoms with E-state index in [0.717, 1.165) is 5.57 Å². The van der Waals surface area contributed by atoms with Gasteiger partial charge >= 0.3 is 0 Å². The van der Waals surface area contributed by atoms with Crippen molar-refractivity contribution >= 4 is 11.6 Å². The van der Waals surface area contributed by atoms with Gasteiger partial charge in [-0.1, -0.05) is 11.6 Å². The summed E-state index contributed by atoms with van der Waals surface area (Å²) in [5.74, 6) is 0. The number of hydrogen-bond acceptors (Lipinski definition) is 2. The van der Waals surface area contributed by atoms with Crippen LogP contribution < -0.4 is 11.5 Å². The molecule has 0 bridgehead atoms. The Hall–Kier alpha value is -0.630. The summed E-state index contributed by atoms with van der Waals surface area (Å²) in [7, 11) is 0. The van der Waals surface area contributed by atoms with E-state index in [9.17, 15) is 0 Å². The molecular formula is C5H7ClN2. The molecule has 1 aliphatic carbocycles. The van der Waals surface area contributed by atoms with E-state index in [1.165, 1.54) is 0 Å². The Morgan fingerprint density at radius 1 is 1.25 bits per heavy atom. The van der Waals surface area contributed by atoms with Gasteiger partial charge in [-0.2, -0.15) is 0 Å². The fraction of sp³-hybridized carbons (Fsp3) is 0.200. The molecule has 0 aliphatic heterocycles. The van der Waals surface area contributed by atoms with Gasteiger partial charge in [0.15, 0.2) is 0 Å². The minimum absolute atomic E-state index is 0.532. The standard InChI is InChI=1S/C5H7ClN2/c1-2-3(6)5(8)4(2)7/h7-8H2,1H3. The zero-order valence-corrected chi connectivity index (χ0v) is 5.29. The summed E-state index contributed by atoms with van der Waals surface area (Å²) < 4.78 is 0. The molecule has 0 saturated carbocycles. The molecule has 0 aromatic heterocycles. The highest BCUT2D eigenvalue weighted by Gasteiger charge is 2.18. The van der Waals surface area contributed by atoms with Crippen molar-refractivity contribution in [3.63, 3.8) is 0 Å². The van der Waals surface area contributed by atoms with E-state index in [1.54, 1.807) is 0 Å². The third-order valence-corrected chi connectivity index (χ3v) is 1.75. The minimum Gasteiger partial charge on any atom is -0.397 e. The van der Waals surface area contributed by atoms with Crippen molar-refractivity contribution in [3.8, 4) is 0 Å². The van der Waals surface area contributed by atoms with Crippen molar-refractivity contribution in [2.45, 2.75) is 6.92 Å². The Morgan fingerprint density at radius 3 is 1.88 bits per heavy atom. The largest absolute Gasteiger partial charge is 0.397 e. The first-order valence-electron chi connectivity index (χ1n) is 2.27. The summed E-state index contributed by atoms with van der Waals surface area (Å²) in [6.45, 7) is 1.84. The highest BCUT2D eigenvalue weighted by molar-refractivity contribution is 6.33. The average molecular weight is 131 g/mol. The normalized spacial score (nSPS) is 19.2. The smallest absolute Gasteiger partial charge is 0.0743 e. The van der Waals surface area contributed by atoms with Crippen LogP contribution in [0.5, 0.6) is 0 Å². The molecule has 3 heteroatoms. The molecule has 0 spiro atoms. The van der Waals surface area contributed by atoms with E-state index in [0.29, 0.717) is 16.4 Å². The molecule has 0 amide bonds. The van der Waals surface area contributed by atoms with Crippen LogP contribution in [0.4, 0.5) is 0 Å². The zero-order chi connectivity index (χ0) is 6.31. The Labute approximate surface area is 52.8 Å². The Morgan fingerprint density at radius 2 is 1.75 bits per heavy atom. The van der Waals surface area contributed by atoms with Crippen LogP contribution in [0, 0.1) is 0 Å². The zero-order valence-electron chi connectivity index (χ0n) is 4.53. The quantitative estimate of drug-likeness (QED) is 0.506. The van der Waals surface area contributed by atoms with Gasteiger partial charge in [-0.15, -0.1) is 0 Å². The fourth-order valence-corrected chi connectivity index (χ4v) is 0.782. The van der Waals surface area contributed by atoms with E-state index < -0.39 is 0 Å². The van der Waals surface area contributed by atoms with Crippen molar-refractivity contribution in [2.24, 2.45) is 11.5 Å². The number of allylic oxidation sites excluding steroid dienone is 2. The molecule has 0 heterocycles. The van der Waals surface area contributed by atoms with Gasteiger partial charge in [0.05, 0.1) is 16.4 Å². The van der Waals surface area contributed by atoms with Crippen LogP contribution in [0.3, 0.4) is 0 Å². The maximum absolute atomic E-state index is 5.56. The monoisotopic (exact) mass is 130 g/mol. The lowest BCUT2D eigenvalue weighted by Crippen LogP contribution is -2.20. The summed E-state index contributed by atoms with van der Waals surface area (Å²) in [6.07, 6.45) is 0. The summed E-state index contributed by atoms with van der Waals surface area (Å²) in [6, 6.07) is 0. The number of rotatable bonds is 0. The second kappa shape index (κ2) is 1.42. The van der Waals surface area contributed by atoms with Crippen LogP contribution in [-0.4, -0.2) is 0 Å². The van der Waals surface area contributed by atoms with Crippen molar-refractivity contribution in [1.82, 2.24) is 0 Å². The van der Waals surface area contributed by atoms with E-state index >= 15 is 0 Å². The molecule has 0 radical (unpaired) electrons. The maximum Gasteiger partial charge on any atom is 0.0743 e. The molecular weight excluding hydrogens is 124 g/mol. The van der Waals surface area contributed by atoms with Gasteiger partial charge in [0.2, 0.25) is 0 Å². The first kappa shape index (κ1) is 5.51. The molecule has 0 saturated heterocycles. The van der Waals surface area contributed by atoms with Crippen molar-refractivity contribution < 1.29 is 0 Å². The molecule has 0 aromatic carbocycles. The summed E-state index contributed by atoms with van der Waals surface area (Å²) in [5.41, 5.74) is 12.8. The lowest BCUT2D eigenvalue weighted by molar-refractivity contribution is 1.11. The Kier molecular flexibility index (Phi) is 0.978. The van der Waals surface area contributed by atoms with Crippen molar-refractivity contribution in [2.75, 3.05) is 0 Å². The summed E-state index contributed by atoms with van der Waals surface area (Å²) in [5, 5.41) is 0.613. The number of nitrogens with two attached hydrogens (primary N) is 2. The van der Waals surface area contributed by atoms with E-state index in [4.69, 9.17) is 23.1 Å². The molecule has 1 aliphatic rings. The molecule has 8 heavy (non-hydrogen) atoms. The van der Waals surface area contributed by atoms with Gasteiger partial charge in [-0.05, 0) is 12.5 Å². The van der Waals surface area contributed by atoms with E-state index in [2.05, 4.69) is 0 Å². The molecule has 0 unspecified atom stereocenters. The molecule has 0 atom stereocenters. The average Bonchev–Trinajstić information content (AvgIpc) is 1.83. The van der Waals surface area contributed by atoms with Crippen LogP contribution in [0.25, 0.3) is 0 Å². The van der Waals surface area contributed by atoms with Gasteiger partial charge in [0.25, 0.3) is 0 Å². The van der Waals surface area contributed by atoms with Crippen LogP contribution >= 0.6 is 11.6 Å². The molecule has 0 aromatic rings. The molecule has 0 fully saturated rings. The number of halogens is 1. The molecule has 2 nitrogen and oxygen atoms in total. The van der Waals surface area contributed by atoms with Crippen LogP contribution in [-0.2, 0) is 0 Å². The summed E-state index contributed by atoms with van der Waals surface area (Å²) >= 11 is 5.56. The Balaban J connectivity index is 2.86. The first-order valence-corrected chi connectivity index (χ1v) is 2.64. The highest BCUT2D eigenvalue weighted by Crippen LogP contribution is 2.30. The third-order valence-electron chi connectivity index (χ3n) is 1.26. The van der Waals surface area contributed by atoms with Crippen LogP contribution in [0.2, 0.25) is 0 Å². The van der Waals surface area contributed by atoms with E-state index in [1.807, 2.05) is 6.92 Å². The molecule has 44 valence electrons. The predicted molar refractivity (Wildman–Crippen MR) is 34.0 cm³/mol. The predicted octanol–water partition coefficient (Wildman–Crippen LogP) is 0.642. The molecule has 1 rings (SSSR count).